The first kappa shape index (κ1) is 10.2. The molecule has 0 saturated carbocycles. The van der Waals surface area contributed by atoms with Crippen LogP contribution in [0.15, 0.2) is 18.2 Å². The van der Waals surface area contributed by atoms with E-state index in [9.17, 15) is 4.79 Å². The SMILES string of the molecule is O=CCCCCc1ccc2c(c1)CCO2. The lowest BCUT2D eigenvalue weighted by Gasteiger charge is -2.03. The van der Waals surface area contributed by atoms with Crippen molar-refractivity contribution in [3.8, 4) is 5.75 Å². The zero-order valence-corrected chi connectivity index (χ0v) is 8.87. The van der Waals surface area contributed by atoms with E-state index >= 15 is 0 Å². The summed E-state index contributed by atoms with van der Waals surface area (Å²) in [7, 11) is 0. The zero-order valence-electron chi connectivity index (χ0n) is 8.87. The molecule has 0 N–H and O–H groups in total. The maximum Gasteiger partial charge on any atom is 0.122 e. The summed E-state index contributed by atoms with van der Waals surface area (Å²) < 4.78 is 5.45. The summed E-state index contributed by atoms with van der Waals surface area (Å²) in [5.74, 6) is 1.05. The Morgan fingerprint density at radius 2 is 2.27 bits per heavy atom. The smallest absolute Gasteiger partial charge is 0.122 e. The largest absolute Gasteiger partial charge is 0.493 e. The van der Waals surface area contributed by atoms with Gasteiger partial charge in [-0.1, -0.05) is 12.1 Å². The maximum absolute atomic E-state index is 10.2. The molecule has 1 aromatic carbocycles. The van der Waals surface area contributed by atoms with Crippen molar-refractivity contribution >= 4 is 6.29 Å². The van der Waals surface area contributed by atoms with E-state index in [-0.39, 0.29) is 0 Å². The van der Waals surface area contributed by atoms with Crippen LogP contribution < -0.4 is 4.74 Å². The van der Waals surface area contributed by atoms with Crippen molar-refractivity contribution in [1.29, 1.82) is 0 Å². The molecule has 0 amide bonds. The van der Waals surface area contributed by atoms with Gasteiger partial charge in [-0.05, 0) is 36.5 Å². The van der Waals surface area contributed by atoms with Gasteiger partial charge in [0.2, 0.25) is 0 Å². The average molecular weight is 204 g/mol. The molecule has 1 heterocycles. The standard InChI is InChI=1S/C13H16O2/c14-8-3-1-2-4-11-5-6-13-12(10-11)7-9-15-13/h5-6,8,10H,1-4,7,9H2. The van der Waals surface area contributed by atoms with Crippen LogP contribution in [0.2, 0.25) is 0 Å². The summed E-state index contributed by atoms with van der Waals surface area (Å²) in [6.07, 6.45) is 5.89. The third-order valence-corrected chi connectivity index (χ3v) is 2.79. The first-order chi connectivity index (χ1) is 7.40. The van der Waals surface area contributed by atoms with Gasteiger partial charge in [0.1, 0.15) is 12.0 Å². The summed E-state index contributed by atoms with van der Waals surface area (Å²) in [4.78, 5) is 10.2. The molecular formula is C13H16O2. The average Bonchev–Trinajstić information content (AvgIpc) is 2.71. The monoisotopic (exact) mass is 204 g/mol. The molecule has 15 heavy (non-hydrogen) atoms. The van der Waals surface area contributed by atoms with E-state index in [1.54, 1.807) is 0 Å². The Morgan fingerprint density at radius 3 is 3.13 bits per heavy atom. The van der Waals surface area contributed by atoms with E-state index in [1.807, 2.05) is 0 Å². The number of fused-ring (bicyclic) bond motifs is 1. The van der Waals surface area contributed by atoms with E-state index in [1.165, 1.54) is 11.1 Å². The molecule has 0 spiro atoms. The minimum absolute atomic E-state index is 0.689. The van der Waals surface area contributed by atoms with Crippen LogP contribution >= 0.6 is 0 Å². The number of hydrogen-bond acceptors (Lipinski definition) is 2. The summed E-state index contributed by atoms with van der Waals surface area (Å²) in [5, 5.41) is 0. The summed E-state index contributed by atoms with van der Waals surface area (Å²) in [5.41, 5.74) is 2.70. The highest BCUT2D eigenvalue weighted by molar-refractivity contribution is 5.49. The predicted molar refractivity (Wildman–Crippen MR) is 59.3 cm³/mol. The lowest BCUT2D eigenvalue weighted by molar-refractivity contribution is -0.107. The molecular weight excluding hydrogens is 188 g/mol. The summed E-state index contributed by atoms with van der Waals surface area (Å²) >= 11 is 0. The van der Waals surface area contributed by atoms with Crippen molar-refractivity contribution in [3.63, 3.8) is 0 Å². The van der Waals surface area contributed by atoms with Gasteiger partial charge in [-0.25, -0.2) is 0 Å². The van der Waals surface area contributed by atoms with E-state index < -0.39 is 0 Å². The maximum atomic E-state index is 10.2. The molecule has 2 rings (SSSR count). The van der Waals surface area contributed by atoms with Crippen LogP contribution in [0, 0.1) is 0 Å². The van der Waals surface area contributed by atoms with Crippen molar-refractivity contribution in [2.24, 2.45) is 0 Å². The van der Waals surface area contributed by atoms with Crippen molar-refractivity contribution in [1.82, 2.24) is 0 Å². The summed E-state index contributed by atoms with van der Waals surface area (Å²) in [6.45, 7) is 0.823. The highest BCUT2D eigenvalue weighted by Crippen LogP contribution is 2.26. The number of benzene rings is 1. The molecule has 80 valence electrons. The minimum Gasteiger partial charge on any atom is -0.493 e. The molecule has 1 aromatic rings. The molecule has 0 saturated heterocycles. The first-order valence-electron chi connectivity index (χ1n) is 5.58. The van der Waals surface area contributed by atoms with Gasteiger partial charge in [0, 0.05) is 12.8 Å². The van der Waals surface area contributed by atoms with Crippen LogP contribution in [0.25, 0.3) is 0 Å². The lowest BCUT2D eigenvalue weighted by Crippen LogP contribution is -1.88. The molecule has 0 bridgehead atoms. The Morgan fingerprint density at radius 1 is 1.33 bits per heavy atom. The van der Waals surface area contributed by atoms with Crippen molar-refractivity contribution in [2.75, 3.05) is 6.61 Å². The van der Waals surface area contributed by atoms with Gasteiger partial charge in [0.25, 0.3) is 0 Å². The van der Waals surface area contributed by atoms with Crippen LogP contribution in [0.5, 0.6) is 5.75 Å². The minimum atomic E-state index is 0.689. The van der Waals surface area contributed by atoms with Crippen molar-refractivity contribution < 1.29 is 9.53 Å². The fraction of sp³-hybridized carbons (Fsp3) is 0.462. The number of aryl methyl sites for hydroxylation is 1. The van der Waals surface area contributed by atoms with Crippen molar-refractivity contribution in [2.45, 2.75) is 32.1 Å². The van der Waals surface area contributed by atoms with E-state index in [4.69, 9.17) is 4.74 Å². The fourth-order valence-corrected chi connectivity index (χ4v) is 1.95. The molecule has 1 aliphatic rings. The molecule has 0 radical (unpaired) electrons. The fourth-order valence-electron chi connectivity index (χ4n) is 1.95. The number of rotatable bonds is 5. The number of hydrogen-bond donors (Lipinski definition) is 0. The van der Waals surface area contributed by atoms with Crippen LogP contribution in [0.4, 0.5) is 0 Å². The van der Waals surface area contributed by atoms with Crippen LogP contribution in [0.3, 0.4) is 0 Å². The molecule has 0 atom stereocenters. The van der Waals surface area contributed by atoms with Gasteiger partial charge in [-0.15, -0.1) is 0 Å². The topological polar surface area (TPSA) is 26.3 Å². The number of ether oxygens (including phenoxy) is 1. The number of carbonyl (C=O) groups is 1. The predicted octanol–water partition coefficient (Wildman–Crippen LogP) is 2.53. The van der Waals surface area contributed by atoms with Gasteiger partial charge in [0.05, 0.1) is 6.61 Å². The van der Waals surface area contributed by atoms with Gasteiger partial charge in [-0.2, -0.15) is 0 Å². The second kappa shape index (κ2) is 4.96. The molecule has 0 aromatic heterocycles. The van der Waals surface area contributed by atoms with Gasteiger partial charge in [0.15, 0.2) is 0 Å². The normalized spacial score (nSPS) is 13.3. The second-order valence-electron chi connectivity index (χ2n) is 3.95. The molecule has 2 heteroatoms. The molecule has 0 aliphatic carbocycles. The summed E-state index contributed by atoms with van der Waals surface area (Å²) in [6, 6.07) is 6.44. The Hall–Kier alpha value is -1.31. The molecule has 2 nitrogen and oxygen atoms in total. The van der Waals surface area contributed by atoms with E-state index in [2.05, 4.69) is 18.2 Å². The number of aldehydes is 1. The van der Waals surface area contributed by atoms with Crippen LogP contribution in [0.1, 0.15) is 30.4 Å². The highest BCUT2D eigenvalue weighted by Gasteiger charge is 2.11. The van der Waals surface area contributed by atoms with E-state index in [0.29, 0.717) is 6.42 Å². The Balaban J connectivity index is 1.89. The molecule has 0 unspecified atom stereocenters. The van der Waals surface area contributed by atoms with Crippen LogP contribution in [-0.4, -0.2) is 12.9 Å². The highest BCUT2D eigenvalue weighted by atomic mass is 16.5. The van der Waals surface area contributed by atoms with Gasteiger partial charge in [-0.3, -0.25) is 0 Å². The number of unbranched alkanes of at least 4 members (excludes halogenated alkanes) is 2. The van der Waals surface area contributed by atoms with Gasteiger partial charge >= 0.3 is 0 Å². The van der Waals surface area contributed by atoms with Gasteiger partial charge < -0.3 is 9.53 Å². The lowest BCUT2D eigenvalue weighted by atomic mass is 10.0. The Bertz CT molecular complexity index is 344. The second-order valence-corrected chi connectivity index (χ2v) is 3.95. The van der Waals surface area contributed by atoms with E-state index in [0.717, 1.165) is 44.3 Å². The first-order valence-corrected chi connectivity index (χ1v) is 5.58. The molecule has 1 aliphatic heterocycles. The Labute approximate surface area is 90.3 Å². The molecule has 0 fully saturated rings. The van der Waals surface area contributed by atoms with Crippen LogP contribution in [-0.2, 0) is 17.6 Å². The number of carbonyl (C=O) groups excluding carboxylic acids is 1. The third kappa shape index (κ3) is 2.58. The van der Waals surface area contributed by atoms with Crippen molar-refractivity contribution in [3.05, 3.63) is 29.3 Å². The Kier molecular flexibility index (Phi) is 3.38. The quantitative estimate of drug-likeness (QED) is 0.544. The third-order valence-electron chi connectivity index (χ3n) is 2.79. The zero-order chi connectivity index (χ0) is 10.5.